The Labute approximate surface area is 137 Å². The van der Waals surface area contributed by atoms with E-state index in [0.717, 1.165) is 0 Å². The van der Waals surface area contributed by atoms with E-state index in [-0.39, 0.29) is 11.4 Å². The molecule has 1 aromatic carbocycles. The molecule has 1 aromatic heterocycles. The number of sulfonamides is 1. The lowest BCUT2D eigenvalue weighted by molar-refractivity contribution is 0.204. The summed E-state index contributed by atoms with van der Waals surface area (Å²) in [5, 5.41) is 14.1. The molecule has 0 saturated heterocycles. The molecule has 6 nitrogen and oxygen atoms in total. The van der Waals surface area contributed by atoms with Gasteiger partial charge in [0.1, 0.15) is 4.90 Å². The second kappa shape index (κ2) is 6.72. The zero-order valence-electron chi connectivity index (χ0n) is 13.9. The van der Waals surface area contributed by atoms with Crippen LogP contribution in [0.5, 0.6) is 0 Å². The standard InChI is InChI=1S/C16H23N3O3S/c1-5-18-14(4)16(13(3)17-18)23(21,22)19(11-12(2)20)15-9-7-6-8-10-15/h6-10,12,20H,5,11H2,1-4H3. The van der Waals surface area contributed by atoms with Gasteiger partial charge in [0.25, 0.3) is 10.0 Å². The summed E-state index contributed by atoms with van der Waals surface area (Å²) < 4.78 is 29.3. The first-order chi connectivity index (χ1) is 10.8. The van der Waals surface area contributed by atoms with E-state index in [2.05, 4.69) is 5.10 Å². The Morgan fingerprint density at radius 2 is 1.87 bits per heavy atom. The molecule has 7 heteroatoms. The van der Waals surface area contributed by atoms with Crippen molar-refractivity contribution in [2.45, 2.75) is 45.2 Å². The summed E-state index contributed by atoms with van der Waals surface area (Å²) in [6.45, 7) is 7.52. The van der Waals surface area contributed by atoms with Crippen molar-refractivity contribution < 1.29 is 13.5 Å². The van der Waals surface area contributed by atoms with Gasteiger partial charge in [-0.15, -0.1) is 0 Å². The predicted octanol–water partition coefficient (Wildman–Crippen LogP) is 2.10. The van der Waals surface area contributed by atoms with Gasteiger partial charge in [0.05, 0.1) is 29.7 Å². The Morgan fingerprint density at radius 3 is 2.35 bits per heavy atom. The van der Waals surface area contributed by atoms with Gasteiger partial charge in [0.2, 0.25) is 0 Å². The molecule has 2 aromatic rings. The third-order valence-electron chi connectivity index (χ3n) is 3.64. The molecule has 0 fully saturated rings. The van der Waals surface area contributed by atoms with Crippen molar-refractivity contribution in [3.05, 3.63) is 41.7 Å². The fourth-order valence-electron chi connectivity index (χ4n) is 2.65. The number of nitrogens with zero attached hydrogens (tertiary/aromatic N) is 3. The summed E-state index contributed by atoms with van der Waals surface area (Å²) in [6.07, 6.45) is -0.785. The van der Waals surface area contributed by atoms with E-state index in [1.165, 1.54) is 4.31 Å². The summed E-state index contributed by atoms with van der Waals surface area (Å²) in [7, 11) is -3.81. The SMILES string of the molecule is CCn1nc(C)c(S(=O)(=O)N(CC(C)O)c2ccccc2)c1C. The molecule has 0 aliphatic rings. The van der Waals surface area contributed by atoms with Crippen molar-refractivity contribution in [3.8, 4) is 0 Å². The lowest BCUT2D eigenvalue weighted by Crippen LogP contribution is -2.37. The van der Waals surface area contributed by atoms with Crippen molar-refractivity contribution in [1.29, 1.82) is 0 Å². The van der Waals surface area contributed by atoms with Crippen LogP contribution in [0.2, 0.25) is 0 Å². The Morgan fingerprint density at radius 1 is 1.26 bits per heavy atom. The van der Waals surface area contributed by atoms with Crippen LogP contribution in [0.25, 0.3) is 0 Å². The summed E-state index contributed by atoms with van der Waals surface area (Å²) in [6, 6.07) is 8.80. The van der Waals surface area contributed by atoms with Gasteiger partial charge in [-0.2, -0.15) is 5.10 Å². The first-order valence-electron chi connectivity index (χ1n) is 7.58. The average Bonchev–Trinajstić information content (AvgIpc) is 2.80. The maximum absolute atomic E-state index is 13.2. The zero-order valence-corrected chi connectivity index (χ0v) is 14.7. The quantitative estimate of drug-likeness (QED) is 0.876. The number of rotatable bonds is 6. The maximum atomic E-state index is 13.2. The Balaban J connectivity index is 2.60. The molecule has 0 aliphatic carbocycles. The topological polar surface area (TPSA) is 75.4 Å². The average molecular weight is 337 g/mol. The number of aryl methyl sites for hydroxylation is 2. The molecule has 0 radical (unpaired) electrons. The molecule has 1 heterocycles. The summed E-state index contributed by atoms with van der Waals surface area (Å²) in [5.41, 5.74) is 1.60. The van der Waals surface area contributed by atoms with Crippen LogP contribution in [-0.2, 0) is 16.6 Å². The van der Waals surface area contributed by atoms with Gasteiger partial charge in [-0.1, -0.05) is 18.2 Å². The first kappa shape index (κ1) is 17.5. The lowest BCUT2D eigenvalue weighted by Gasteiger charge is -2.25. The van der Waals surface area contributed by atoms with Gasteiger partial charge in [0, 0.05) is 6.54 Å². The maximum Gasteiger partial charge on any atom is 0.268 e. The van der Waals surface area contributed by atoms with Gasteiger partial charge in [-0.3, -0.25) is 8.99 Å². The van der Waals surface area contributed by atoms with Crippen molar-refractivity contribution in [1.82, 2.24) is 9.78 Å². The highest BCUT2D eigenvalue weighted by atomic mass is 32.2. The van der Waals surface area contributed by atoms with Gasteiger partial charge < -0.3 is 5.11 Å². The highest BCUT2D eigenvalue weighted by Crippen LogP contribution is 2.28. The van der Waals surface area contributed by atoms with Crippen molar-refractivity contribution in [3.63, 3.8) is 0 Å². The van der Waals surface area contributed by atoms with Crippen molar-refractivity contribution in [2.75, 3.05) is 10.8 Å². The van der Waals surface area contributed by atoms with E-state index >= 15 is 0 Å². The lowest BCUT2D eigenvalue weighted by atomic mass is 10.3. The Bertz CT molecular complexity index is 767. The zero-order chi connectivity index (χ0) is 17.2. The predicted molar refractivity (Wildman–Crippen MR) is 90.0 cm³/mol. The molecular formula is C16H23N3O3S. The van der Waals surface area contributed by atoms with Gasteiger partial charge in [-0.05, 0) is 39.8 Å². The van der Waals surface area contributed by atoms with E-state index in [9.17, 15) is 13.5 Å². The van der Waals surface area contributed by atoms with Crippen LogP contribution in [0.1, 0.15) is 25.2 Å². The third-order valence-corrected chi connectivity index (χ3v) is 5.68. The number of para-hydroxylation sites is 1. The molecule has 0 spiro atoms. The van der Waals surface area contributed by atoms with Crippen LogP contribution in [0.15, 0.2) is 35.2 Å². The number of aliphatic hydroxyl groups is 1. The fourth-order valence-corrected chi connectivity index (χ4v) is 4.57. The molecule has 126 valence electrons. The Hall–Kier alpha value is -1.86. The third kappa shape index (κ3) is 3.40. The minimum Gasteiger partial charge on any atom is -0.392 e. The summed E-state index contributed by atoms with van der Waals surface area (Å²) in [4.78, 5) is 0.212. The second-order valence-electron chi connectivity index (χ2n) is 5.54. The monoisotopic (exact) mass is 337 g/mol. The molecule has 0 aliphatic heterocycles. The number of benzene rings is 1. The van der Waals surface area contributed by atoms with E-state index < -0.39 is 16.1 Å². The number of aromatic nitrogens is 2. The number of anilines is 1. The van der Waals surface area contributed by atoms with Crippen LogP contribution in [-0.4, -0.2) is 36.0 Å². The number of hydrogen-bond donors (Lipinski definition) is 1. The smallest absolute Gasteiger partial charge is 0.268 e. The van der Waals surface area contributed by atoms with E-state index in [4.69, 9.17) is 0 Å². The normalized spacial score (nSPS) is 13.1. The molecule has 0 saturated carbocycles. The summed E-state index contributed by atoms with van der Waals surface area (Å²) >= 11 is 0. The van der Waals surface area contributed by atoms with E-state index in [1.54, 1.807) is 49.7 Å². The van der Waals surface area contributed by atoms with Crippen molar-refractivity contribution >= 4 is 15.7 Å². The van der Waals surface area contributed by atoms with Crippen LogP contribution in [0, 0.1) is 13.8 Å². The molecule has 1 unspecified atom stereocenters. The molecule has 1 atom stereocenters. The van der Waals surface area contributed by atoms with Crippen molar-refractivity contribution in [2.24, 2.45) is 0 Å². The van der Waals surface area contributed by atoms with Crippen LogP contribution >= 0.6 is 0 Å². The second-order valence-corrected chi connectivity index (χ2v) is 7.34. The highest BCUT2D eigenvalue weighted by molar-refractivity contribution is 7.93. The van der Waals surface area contributed by atoms with Gasteiger partial charge in [-0.25, -0.2) is 8.42 Å². The van der Waals surface area contributed by atoms with Crippen LogP contribution < -0.4 is 4.31 Å². The molecule has 2 rings (SSSR count). The minimum atomic E-state index is -3.81. The molecule has 1 N–H and O–H groups in total. The highest BCUT2D eigenvalue weighted by Gasteiger charge is 2.31. The first-order valence-corrected chi connectivity index (χ1v) is 9.02. The van der Waals surface area contributed by atoms with Gasteiger partial charge in [0.15, 0.2) is 0 Å². The molecule has 0 bridgehead atoms. The van der Waals surface area contributed by atoms with Crippen LogP contribution in [0.4, 0.5) is 5.69 Å². The number of hydrogen-bond acceptors (Lipinski definition) is 4. The Kier molecular flexibility index (Phi) is 5.11. The molecule has 23 heavy (non-hydrogen) atoms. The van der Waals surface area contributed by atoms with Crippen LogP contribution in [0.3, 0.4) is 0 Å². The van der Waals surface area contributed by atoms with Gasteiger partial charge >= 0.3 is 0 Å². The van der Waals surface area contributed by atoms with E-state index in [0.29, 0.717) is 23.6 Å². The minimum absolute atomic E-state index is 0.0114. The number of aliphatic hydroxyl groups excluding tert-OH is 1. The summed E-state index contributed by atoms with van der Waals surface area (Å²) in [5.74, 6) is 0. The largest absolute Gasteiger partial charge is 0.392 e. The molecular weight excluding hydrogens is 314 g/mol. The molecule has 0 amide bonds. The fraction of sp³-hybridized carbons (Fsp3) is 0.438. The van der Waals surface area contributed by atoms with E-state index in [1.807, 2.05) is 13.0 Å².